The highest BCUT2D eigenvalue weighted by atomic mass is 29.3. The molecule has 0 nitrogen and oxygen atoms in total. The molecule has 5 fully saturated rings. The van der Waals surface area contributed by atoms with Crippen LogP contribution in [-0.4, -0.2) is 15.2 Å². The summed E-state index contributed by atoms with van der Waals surface area (Å²) in [6.45, 7) is 13.7. The molecule has 1 spiro atoms. The second kappa shape index (κ2) is 4.51. The van der Waals surface area contributed by atoms with E-state index >= 15 is 0 Å². The number of fused-ring (bicyclic) bond motifs is 1. The second-order valence-electron chi connectivity index (χ2n) is 11.7. The molecule has 0 amide bonds. The standard InChI is InChI=1S/C24H34Si2/c1-16-9-19-7-6-8-22(21(19)10-16)24-20-12-17-11-18(13-20)15-23(24,14-17)25(2,3)26(24,4)5/h6-8,10,17-18,20H,9,11-15H2,1-5H3. The average molecular weight is 379 g/mol. The van der Waals surface area contributed by atoms with Gasteiger partial charge in [-0.2, -0.15) is 0 Å². The number of hydrogen-bond acceptors (Lipinski definition) is 0. The van der Waals surface area contributed by atoms with Crippen LogP contribution in [0.5, 0.6) is 0 Å². The first kappa shape index (κ1) is 16.4. The van der Waals surface area contributed by atoms with Gasteiger partial charge in [0.15, 0.2) is 0 Å². The van der Waals surface area contributed by atoms with Crippen molar-refractivity contribution in [2.24, 2.45) is 17.8 Å². The average Bonchev–Trinajstić information content (AvgIpc) is 2.94. The van der Waals surface area contributed by atoms with Crippen molar-refractivity contribution in [3.05, 3.63) is 40.5 Å². The van der Waals surface area contributed by atoms with Gasteiger partial charge in [0.25, 0.3) is 0 Å². The molecule has 0 N–H and O–H groups in total. The molecular weight excluding hydrogens is 344 g/mol. The maximum atomic E-state index is 2.83. The lowest BCUT2D eigenvalue weighted by molar-refractivity contribution is -0.0302. The van der Waals surface area contributed by atoms with Gasteiger partial charge in [0.05, 0.1) is 7.59 Å². The van der Waals surface area contributed by atoms with Gasteiger partial charge in [0.1, 0.15) is 0 Å². The minimum absolute atomic E-state index is 0.607. The Kier molecular flexibility index (Phi) is 2.84. The summed E-state index contributed by atoms with van der Waals surface area (Å²) < 4.78 is 0. The molecule has 4 saturated carbocycles. The van der Waals surface area contributed by atoms with Gasteiger partial charge in [-0.3, -0.25) is 0 Å². The Morgan fingerprint density at radius 3 is 2.31 bits per heavy atom. The van der Waals surface area contributed by atoms with E-state index in [1.165, 1.54) is 6.42 Å². The Hall–Kier alpha value is -0.606. The molecule has 2 heteroatoms. The lowest BCUT2D eigenvalue weighted by Gasteiger charge is -2.87. The van der Waals surface area contributed by atoms with E-state index in [1.54, 1.807) is 48.8 Å². The molecule has 1 heterocycles. The van der Waals surface area contributed by atoms with E-state index in [2.05, 4.69) is 57.4 Å². The molecule has 1 saturated heterocycles. The van der Waals surface area contributed by atoms with Crippen molar-refractivity contribution in [2.45, 2.75) is 81.7 Å². The van der Waals surface area contributed by atoms with E-state index in [0.29, 0.717) is 5.04 Å². The van der Waals surface area contributed by atoms with Crippen LogP contribution in [0.2, 0.25) is 31.2 Å². The molecule has 1 aromatic rings. The van der Waals surface area contributed by atoms with E-state index < -0.39 is 15.2 Å². The highest BCUT2D eigenvalue weighted by Crippen LogP contribution is 2.86. The van der Waals surface area contributed by atoms with Crippen LogP contribution in [0.15, 0.2) is 23.8 Å². The first-order valence-electron chi connectivity index (χ1n) is 11.0. The van der Waals surface area contributed by atoms with Gasteiger partial charge >= 0.3 is 0 Å². The SMILES string of the molecule is CC1=Cc2c(cccc2C23C4CC5CC(C4)CC2(C5)[Si](C)(C)[Si]3(C)C)C1. The summed E-state index contributed by atoms with van der Waals surface area (Å²) in [5.41, 5.74) is 6.74. The third kappa shape index (κ3) is 1.40. The Labute approximate surface area is 161 Å². The Bertz CT molecular complexity index is 847. The van der Waals surface area contributed by atoms with Gasteiger partial charge in [-0.15, -0.1) is 0 Å². The Morgan fingerprint density at radius 2 is 1.62 bits per heavy atom. The number of benzene rings is 1. The van der Waals surface area contributed by atoms with E-state index in [-0.39, 0.29) is 0 Å². The van der Waals surface area contributed by atoms with Gasteiger partial charge < -0.3 is 0 Å². The molecule has 6 aliphatic rings. The van der Waals surface area contributed by atoms with E-state index in [0.717, 1.165) is 22.8 Å². The summed E-state index contributed by atoms with van der Waals surface area (Å²) in [7, 11) is -2.48. The van der Waals surface area contributed by atoms with Crippen LogP contribution in [0.25, 0.3) is 6.08 Å². The van der Waals surface area contributed by atoms with Crippen LogP contribution in [0.3, 0.4) is 0 Å². The molecule has 4 bridgehead atoms. The molecule has 1 aromatic carbocycles. The fourth-order valence-electron chi connectivity index (χ4n) is 9.87. The lowest BCUT2D eigenvalue weighted by atomic mass is 9.49. The maximum absolute atomic E-state index is 2.83. The van der Waals surface area contributed by atoms with Gasteiger partial charge in [-0.25, -0.2) is 0 Å². The predicted octanol–water partition coefficient (Wildman–Crippen LogP) is 6.51. The zero-order valence-electron chi connectivity index (χ0n) is 17.3. The molecule has 7 rings (SSSR count). The normalized spacial score (nSPS) is 45.7. The number of allylic oxidation sites excluding steroid dienone is 1. The predicted molar refractivity (Wildman–Crippen MR) is 117 cm³/mol. The van der Waals surface area contributed by atoms with E-state index in [4.69, 9.17) is 0 Å². The molecular formula is C24H34Si2. The van der Waals surface area contributed by atoms with Crippen molar-refractivity contribution < 1.29 is 0 Å². The van der Waals surface area contributed by atoms with Gasteiger partial charge in [-0.05, 0) is 90.0 Å². The first-order chi connectivity index (χ1) is 12.2. The van der Waals surface area contributed by atoms with Crippen molar-refractivity contribution in [3.63, 3.8) is 0 Å². The molecule has 1 aliphatic heterocycles. The van der Waals surface area contributed by atoms with Crippen molar-refractivity contribution >= 4 is 21.3 Å². The van der Waals surface area contributed by atoms with Crippen molar-refractivity contribution in [2.75, 3.05) is 0 Å². The molecule has 0 aromatic heterocycles. The highest BCUT2D eigenvalue weighted by molar-refractivity contribution is 7.47. The van der Waals surface area contributed by atoms with Crippen molar-refractivity contribution in [1.82, 2.24) is 0 Å². The molecule has 138 valence electrons. The highest BCUT2D eigenvalue weighted by Gasteiger charge is 2.86. The minimum atomic E-state index is -1.30. The largest absolute Gasteiger partial charge is 0.0708 e. The molecule has 26 heavy (non-hydrogen) atoms. The first-order valence-corrected chi connectivity index (χ1v) is 18.0. The van der Waals surface area contributed by atoms with E-state index in [9.17, 15) is 0 Å². The summed E-state index contributed by atoms with van der Waals surface area (Å²) in [4.78, 5) is 0. The molecule has 0 radical (unpaired) electrons. The topological polar surface area (TPSA) is 0 Å². The van der Waals surface area contributed by atoms with Crippen LogP contribution < -0.4 is 0 Å². The Balaban J connectivity index is 1.67. The molecule has 5 aliphatic carbocycles. The van der Waals surface area contributed by atoms with Crippen LogP contribution in [-0.2, 0) is 11.5 Å². The van der Waals surface area contributed by atoms with Gasteiger partial charge in [0.2, 0.25) is 0 Å². The Morgan fingerprint density at radius 1 is 0.923 bits per heavy atom. The third-order valence-corrected chi connectivity index (χ3v) is 32.5. The number of hydrogen-bond donors (Lipinski definition) is 0. The monoisotopic (exact) mass is 378 g/mol. The maximum Gasteiger partial charge on any atom is 0.0542 e. The number of rotatable bonds is 1. The van der Waals surface area contributed by atoms with Gasteiger partial charge in [0, 0.05) is 7.59 Å². The van der Waals surface area contributed by atoms with E-state index in [1.807, 2.05) is 5.56 Å². The zero-order chi connectivity index (χ0) is 18.1. The van der Waals surface area contributed by atoms with Crippen molar-refractivity contribution in [3.8, 4) is 0 Å². The summed E-state index contributed by atoms with van der Waals surface area (Å²) in [5.74, 6) is 3.16. The summed E-state index contributed by atoms with van der Waals surface area (Å²) in [6.07, 6.45) is 11.7. The smallest absolute Gasteiger partial charge is 0.0542 e. The fraction of sp³-hybridized carbons (Fsp3) is 0.667. The third-order valence-electron chi connectivity index (χ3n) is 10.8. The second-order valence-corrected chi connectivity index (χ2v) is 27.5. The quantitative estimate of drug-likeness (QED) is 0.488. The van der Waals surface area contributed by atoms with Gasteiger partial charge in [-0.1, -0.05) is 56.0 Å². The fourth-order valence-corrected chi connectivity index (χ4v) is 29.0. The van der Waals surface area contributed by atoms with Crippen LogP contribution in [0.4, 0.5) is 0 Å². The summed E-state index contributed by atoms with van der Waals surface area (Å²) >= 11 is 0. The lowest BCUT2D eigenvalue weighted by Crippen LogP contribution is -2.93. The van der Waals surface area contributed by atoms with Crippen LogP contribution >= 0.6 is 0 Å². The summed E-state index contributed by atoms with van der Waals surface area (Å²) in [6, 6.07) is 7.45. The van der Waals surface area contributed by atoms with Crippen molar-refractivity contribution in [1.29, 1.82) is 0 Å². The zero-order valence-corrected chi connectivity index (χ0v) is 19.3. The minimum Gasteiger partial charge on any atom is -0.0708 e. The van der Waals surface area contributed by atoms with Crippen LogP contribution in [0.1, 0.15) is 55.7 Å². The molecule has 3 atom stereocenters. The van der Waals surface area contributed by atoms with Crippen LogP contribution in [0, 0.1) is 17.8 Å². The molecule has 3 unspecified atom stereocenters. The summed E-state index contributed by atoms with van der Waals surface area (Å²) in [5, 5.41) is 1.35.